The number of benzene rings is 1. The molecule has 1 saturated heterocycles. The van der Waals surface area contributed by atoms with Crippen LogP contribution in [0.1, 0.15) is 36.9 Å². The quantitative estimate of drug-likeness (QED) is 0.865. The van der Waals surface area contributed by atoms with Gasteiger partial charge in [-0.1, -0.05) is 36.8 Å². The van der Waals surface area contributed by atoms with Crippen LogP contribution in [0.5, 0.6) is 0 Å². The molecule has 1 heterocycles. The van der Waals surface area contributed by atoms with Crippen molar-refractivity contribution in [1.82, 2.24) is 9.80 Å². The van der Waals surface area contributed by atoms with Gasteiger partial charge in [0.1, 0.15) is 0 Å². The third kappa shape index (κ3) is 3.60. The molecule has 20 heavy (non-hydrogen) atoms. The molecular formula is C17H29N3. The number of hydrogen-bond acceptors (Lipinski definition) is 3. The summed E-state index contributed by atoms with van der Waals surface area (Å²) in [6.45, 7) is 8.62. The topological polar surface area (TPSA) is 32.5 Å². The van der Waals surface area contributed by atoms with Crippen LogP contribution in [0.4, 0.5) is 0 Å². The van der Waals surface area contributed by atoms with E-state index in [2.05, 4.69) is 55.0 Å². The Morgan fingerprint density at radius 3 is 2.90 bits per heavy atom. The van der Waals surface area contributed by atoms with E-state index in [-0.39, 0.29) is 0 Å². The Hall–Kier alpha value is -0.900. The van der Waals surface area contributed by atoms with E-state index in [4.69, 9.17) is 5.73 Å². The summed E-state index contributed by atoms with van der Waals surface area (Å²) in [6.07, 6.45) is 2.66. The van der Waals surface area contributed by atoms with Gasteiger partial charge >= 0.3 is 0 Å². The maximum atomic E-state index is 6.04. The number of aryl methyl sites for hydroxylation is 1. The Balaban J connectivity index is 2.03. The van der Waals surface area contributed by atoms with Crippen molar-refractivity contribution in [3.05, 3.63) is 35.4 Å². The van der Waals surface area contributed by atoms with Crippen LogP contribution >= 0.6 is 0 Å². The third-order valence-corrected chi connectivity index (χ3v) is 4.59. The zero-order valence-electron chi connectivity index (χ0n) is 13.2. The van der Waals surface area contributed by atoms with Gasteiger partial charge in [-0.2, -0.15) is 0 Å². The highest BCUT2D eigenvalue weighted by Crippen LogP contribution is 2.23. The monoisotopic (exact) mass is 275 g/mol. The Morgan fingerprint density at radius 1 is 1.45 bits per heavy atom. The molecule has 1 aliphatic heterocycles. The van der Waals surface area contributed by atoms with Gasteiger partial charge in [0.15, 0.2) is 0 Å². The van der Waals surface area contributed by atoms with Gasteiger partial charge in [-0.15, -0.1) is 0 Å². The molecule has 2 N–H and O–H groups in total. The summed E-state index contributed by atoms with van der Waals surface area (Å²) in [5, 5.41) is 0. The van der Waals surface area contributed by atoms with Crippen molar-refractivity contribution in [2.24, 2.45) is 5.73 Å². The van der Waals surface area contributed by atoms with Gasteiger partial charge in [0.25, 0.3) is 0 Å². The number of hydrogen-bond donors (Lipinski definition) is 1. The van der Waals surface area contributed by atoms with Crippen LogP contribution in [0.3, 0.4) is 0 Å². The first-order valence-corrected chi connectivity index (χ1v) is 7.86. The van der Waals surface area contributed by atoms with Crippen LogP contribution in [-0.4, -0.2) is 49.1 Å². The molecule has 0 aliphatic carbocycles. The Labute approximate surface area is 123 Å². The second-order valence-electron chi connectivity index (χ2n) is 6.03. The minimum absolute atomic E-state index is 0.328. The predicted molar refractivity (Wildman–Crippen MR) is 85.9 cm³/mol. The van der Waals surface area contributed by atoms with Gasteiger partial charge in [0.05, 0.1) is 0 Å². The number of likely N-dealkylation sites (N-methyl/N-ethyl adjacent to an activating group) is 2. The largest absolute Gasteiger partial charge is 0.329 e. The molecule has 2 rings (SSSR count). The number of rotatable bonds is 6. The van der Waals surface area contributed by atoms with Crippen LogP contribution < -0.4 is 5.73 Å². The lowest BCUT2D eigenvalue weighted by atomic mass is 10.0. The molecule has 0 aromatic heterocycles. The molecule has 0 radical (unpaired) electrons. The first-order chi connectivity index (χ1) is 9.65. The second kappa shape index (κ2) is 7.21. The fourth-order valence-corrected chi connectivity index (χ4v) is 3.43. The Kier molecular flexibility index (Phi) is 5.58. The maximum absolute atomic E-state index is 6.04. The molecule has 112 valence electrons. The number of likely N-dealkylation sites (tertiary alicyclic amines) is 1. The fraction of sp³-hybridized carbons (Fsp3) is 0.647. The van der Waals surface area contributed by atoms with E-state index in [1.807, 2.05) is 0 Å². The van der Waals surface area contributed by atoms with Crippen molar-refractivity contribution in [2.75, 3.05) is 33.2 Å². The van der Waals surface area contributed by atoms with Crippen LogP contribution in [0, 0.1) is 6.92 Å². The van der Waals surface area contributed by atoms with E-state index in [9.17, 15) is 0 Å². The average Bonchev–Trinajstić information content (AvgIpc) is 2.87. The number of nitrogens with zero attached hydrogens (tertiary/aromatic N) is 2. The molecule has 1 aromatic carbocycles. The van der Waals surface area contributed by atoms with E-state index in [0.29, 0.717) is 18.6 Å². The summed E-state index contributed by atoms with van der Waals surface area (Å²) in [5.74, 6) is 0. The van der Waals surface area contributed by atoms with Gasteiger partial charge in [-0.05, 0) is 45.5 Å². The number of nitrogens with two attached hydrogens (primary N) is 1. The standard InChI is InChI=1S/C17H29N3/c1-4-20-10-6-9-16(20)13-19(3)17(12-18)15-8-5-7-14(2)11-15/h5,7-8,11,16-17H,4,6,9-10,12-13,18H2,1-3H3. The SMILES string of the molecule is CCN1CCCC1CN(C)C(CN)c1cccc(C)c1. The van der Waals surface area contributed by atoms with Crippen molar-refractivity contribution in [1.29, 1.82) is 0 Å². The lowest BCUT2D eigenvalue weighted by Crippen LogP contribution is -2.41. The summed E-state index contributed by atoms with van der Waals surface area (Å²) in [4.78, 5) is 5.04. The lowest BCUT2D eigenvalue weighted by Gasteiger charge is -2.33. The highest BCUT2D eigenvalue weighted by atomic mass is 15.2. The Morgan fingerprint density at radius 2 is 2.25 bits per heavy atom. The third-order valence-electron chi connectivity index (χ3n) is 4.59. The summed E-state index contributed by atoms with van der Waals surface area (Å²) in [7, 11) is 2.21. The fourth-order valence-electron chi connectivity index (χ4n) is 3.43. The zero-order chi connectivity index (χ0) is 14.5. The van der Waals surface area contributed by atoms with Crippen molar-refractivity contribution in [2.45, 2.75) is 38.8 Å². The van der Waals surface area contributed by atoms with Crippen molar-refractivity contribution < 1.29 is 0 Å². The van der Waals surface area contributed by atoms with E-state index in [0.717, 1.165) is 13.1 Å². The molecule has 0 saturated carbocycles. The minimum Gasteiger partial charge on any atom is -0.329 e. The molecule has 0 bridgehead atoms. The summed E-state index contributed by atoms with van der Waals surface area (Å²) in [5.41, 5.74) is 8.70. The molecule has 1 aromatic rings. The molecule has 0 amide bonds. The summed E-state index contributed by atoms with van der Waals surface area (Å²) >= 11 is 0. The smallest absolute Gasteiger partial charge is 0.0468 e. The van der Waals surface area contributed by atoms with E-state index in [1.54, 1.807) is 0 Å². The molecule has 3 nitrogen and oxygen atoms in total. The van der Waals surface area contributed by atoms with Gasteiger partial charge in [0.2, 0.25) is 0 Å². The van der Waals surface area contributed by atoms with Gasteiger partial charge in [-0.3, -0.25) is 9.80 Å². The average molecular weight is 275 g/mol. The molecule has 3 heteroatoms. The molecule has 1 aliphatic rings. The van der Waals surface area contributed by atoms with E-state index < -0.39 is 0 Å². The van der Waals surface area contributed by atoms with Crippen LogP contribution in [0.15, 0.2) is 24.3 Å². The zero-order valence-corrected chi connectivity index (χ0v) is 13.2. The summed E-state index contributed by atoms with van der Waals surface area (Å²) < 4.78 is 0. The van der Waals surface area contributed by atoms with Crippen molar-refractivity contribution in [3.63, 3.8) is 0 Å². The normalized spacial score (nSPS) is 21.6. The lowest BCUT2D eigenvalue weighted by molar-refractivity contribution is 0.166. The van der Waals surface area contributed by atoms with Gasteiger partial charge in [0, 0.05) is 25.2 Å². The molecule has 1 fully saturated rings. The van der Waals surface area contributed by atoms with E-state index >= 15 is 0 Å². The van der Waals surface area contributed by atoms with E-state index in [1.165, 1.54) is 30.5 Å². The van der Waals surface area contributed by atoms with Gasteiger partial charge in [-0.25, -0.2) is 0 Å². The first kappa shape index (κ1) is 15.5. The molecule has 2 atom stereocenters. The van der Waals surface area contributed by atoms with Crippen molar-refractivity contribution in [3.8, 4) is 0 Å². The van der Waals surface area contributed by atoms with Gasteiger partial charge < -0.3 is 5.73 Å². The molecular weight excluding hydrogens is 246 g/mol. The van der Waals surface area contributed by atoms with Crippen LogP contribution in [-0.2, 0) is 0 Å². The van der Waals surface area contributed by atoms with Crippen LogP contribution in [0.2, 0.25) is 0 Å². The minimum atomic E-state index is 0.328. The maximum Gasteiger partial charge on any atom is 0.0468 e. The second-order valence-corrected chi connectivity index (χ2v) is 6.03. The van der Waals surface area contributed by atoms with Crippen molar-refractivity contribution >= 4 is 0 Å². The predicted octanol–water partition coefficient (Wildman–Crippen LogP) is 2.41. The highest BCUT2D eigenvalue weighted by Gasteiger charge is 2.26. The van der Waals surface area contributed by atoms with Crippen LogP contribution in [0.25, 0.3) is 0 Å². The summed E-state index contributed by atoms with van der Waals surface area (Å²) in [6, 6.07) is 9.77. The highest BCUT2D eigenvalue weighted by molar-refractivity contribution is 5.25. The molecule has 0 spiro atoms. The Bertz CT molecular complexity index is 418. The molecule has 2 unspecified atom stereocenters. The first-order valence-electron chi connectivity index (χ1n) is 7.86.